The van der Waals surface area contributed by atoms with Crippen LogP contribution in [0.5, 0.6) is 11.8 Å². The minimum absolute atomic E-state index is 0.0354. The Labute approximate surface area is 148 Å². The molecule has 0 unspecified atom stereocenters. The van der Waals surface area contributed by atoms with Gasteiger partial charge in [-0.3, -0.25) is 0 Å². The molecule has 6 nitrogen and oxygen atoms in total. The summed E-state index contributed by atoms with van der Waals surface area (Å²) in [4.78, 5) is 15.3. The fourth-order valence-electron chi connectivity index (χ4n) is 2.85. The second-order valence-electron chi connectivity index (χ2n) is 6.04. The zero-order chi connectivity index (χ0) is 18.1. The maximum Gasteiger partial charge on any atom is 0.321 e. The molecule has 0 spiro atoms. The predicted molar refractivity (Wildman–Crippen MR) is 90.5 cm³/mol. The number of halogens is 2. The molecule has 3 aromatic rings. The van der Waals surface area contributed by atoms with Crippen LogP contribution < -0.4 is 10.5 Å². The van der Waals surface area contributed by atoms with Gasteiger partial charge in [0.1, 0.15) is 0 Å². The molecule has 1 saturated carbocycles. The molecule has 4 rings (SSSR count). The monoisotopic (exact) mass is 355 g/mol. The van der Waals surface area contributed by atoms with Crippen molar-refractivity contribution in [2.24, 2.45) is 0 Å². The number of rotatable bonds is 4. The van der Waals surface area contributed by atoms with Crippen LogP contribution in [0.1, 0.15) is 30.7 Å². The van der Waals surface area contributed by atoms with E-state index in [9.17, 15) is 4.39 Å². The summed E-state index contributed by atoms with van der Waals surface area (Å²) in [5.41, 5.74) is 6.20. The Morgan fingerprint density at radius 3 is 2.50 bits per heavy atom. The van der Waals surface area contributed by atoms with E-state index in [0.29, 0.717) is 0 Å². The molecule has 8 heteroatoms. The molecule has 2 aromatic heterocycles. The Hall–Kier alpha value is -3.16. The Kier molecular flexibility index (Phi) is 4.16. The minimum atomic E-state index is -0.946. The summed E-state index contributed by atoms with van der Waals surface area (Å²) in [7, 11) is 0. The zero-order valence-corrected chi connectivity index (χ0v) is 13.7. The molecular formula is C18H15F2N5O. The first-order valence-corrected chi connectivity index (χ1v) is 8.19. The molecule has 0 aliphatic heterocycles. The number of nitrogen functional groups attached to an aromatic ring is 1. The summed E-state index contributed by atoms with van der Waals surface area (Å²) < 4.78 is 34.5. The van der Waals surface area contributed by atoms with E-state index in [1.54, 1.807) is 18.2 Å². The van der Waals surface area contributed by atoms with Crippen LogP contribution >= 0.6 is 0 Å². The molecule has 0 amide bonds. The second kappa shape index (κ2) is 6.62. The van der Waals surface area contributed by atoms with Crippen LogP contribution in [0.15, 0.2) is 36.8 Å². The lowest BCUT2D eigenvalue weighted by atomic mass is 9.79. The van der Waals surface area contributed by atoms with Gasteiger partial charge in [-0.15, -0.1) is 0 Å². The first kappa shape index (κ1) is 16.3. The Morgan fingerprint density at radius 1 is 1.08 bits per heavy atom. The quantitative estimate of drug-likeness (QED) is 0.765. The van der Waals surface area contributed by atoms with Gasteiger partial charge in [0, 0.05) is 23.5 Å². The summed E-state index contributed by atoms with van der Waals surface area (Å²) >= 11 is 0. The fraction of sp³-hybridized carbons (Fsp3) is 0.222. The van der Waals surface area contributed by atoms with Gasteiger partial charge in [-0.1, -0.05) is 12.5 Å². The lowest BCUT2D eigenvalue weighted by Gasteiger charge is -2.28. The van der Waals surface area contributed by atoms with Crippen molar-refractivity contribution in [3.8, 4) is 23.0 Å². The number of benzene rings is 1. The van der Waals surface area contributed by atoms with Crippen molar-refractivity contribution in [3.63, 3.8) is 0 Å². The van der Waals surface area contributed by atoms with Crippen LogP contribution in [0.3, 0.4) is 0 Å². The molecule has 1 fully saturated rings. The number of nitrogens with zero attached hydrogens (tertiary/aromatic N) is 4. The van der Waals surface area contributed by atoms with Crippen molar-refractivity contribution >= 4 is 5.82 Å². The van der Waals surface area contributed by atoms with Crippen LogP contribution in [0.25, 0.3) is 11.3 Å². The molecule has 2 N–H and O–H groups in total. The van der Waals surface area contributed by atoms with E-state index in [-0.39, 0.29) is 34.8 Å². The number of nitrogens with two attached hydrogens (primary N) is 1. The van der Waals surface area contributed by atoms with Crippen LogP contribution in [0.2, 0.25) is 0 Å². The Morgan fingerprint density at radius 2 is 1.85 bits per heavy atom. The van der Waals surface area contributed by atoms with E-state index in [0.717, 1.165) is 24.8 Å². The van der Waals surface area contributed by atoms with Gasteiger partial charge in [-0.25, -0.2) is 24.3 Å². The van der Waals surface area contributed by atoms with E-state index < -0.39 is 11.8 Å². The van der Waals surface area contributed by atoms with Crippen molar-refractivity contribution in [2.45, 2.75) is 25.2 Å². The van der Waals surface area contributed by atoms with E-state index in [4.69, 9.17) is 10.5 Å². The Balaban J connectivity index is 1.81. The van der Waals surface area contributed by atoms with Crippen molar-refractivity contribution in [2.75, 3.05) is 5.73 Å². The molecule has 1 aliphatic carbocycles. The van der Waals surface area contributed by atoms with E-state index >= 15 is 4.39 Å². The Bertz CT molecular complexity index is 948. The number of hydrogen-bond acceptors (Lipinski definition) is 6. The van der Waals surface area contributed by atoms with Crippen LogP contribution in [0, 0.1) is 11.8 Å². The number of ether oxygens (including phenoxy) is 1. The van der Waals surface area contributed by atoms with Crippen LogP contribution in [0.4, 0.5) is 14.6 Å². The zero-order valence-electron chi connectivity index (χ0n) is 13.7. The highest BCUT2D eigenvalue weighted by atomic mass is 19.1. The molecule has 0 saturated heterocycles. The van der Waals surface area contributed by atoms with Gasteiger partial charge < -0.3 is 10.5 Å². The van der Waals surface area contributed by atoms with Crippen LogP contribution in [-0.2, 0) is 0 Å². The third-order valence-electron chi connectivity index (χ3n) is 4.44. The summed E-state index contributed by atoms with van der Waals surface area (Å²) in [5, 5.41) is 0. The molecule has 0 atom stereocenters. The number of anilines is 1. The van der Waals surface area contributed by atoms with Crippen molar-refractivity contribution < 1.29 is 13.5 Å². The van der Waals surface area contributed by atoms with Gasteiger partial charge in [0.25, 0.3) is 5.95 Å². The lowest BCUT2D eigenvalue weighted by molar-refractivity contribution is 0.371. The maximum atomic E-state index is 15.3. The molecule has 1 aliphatic rings. The normalized spacial score (nSPS) is 14.1. The summed E-state index contributed by atoms with van der Waals surface area (Å²) in [6.45, 7) is 0. The van der Waals surface area contributed by atoms with E-state index in [2.05, 4.69) is 19.9 Å². The lowest BCUT2D eigenvalue weighted by Crippen LogP contribution is -2.11. The van der Waals surface area contributed by atoms with Crippen LogP contribution in [-0.4, -0.2) is 19.9 Å². The summed E-state index contributed by atoms with van der Waals surface area (Å²) in [5.74, 6) is -1.68. The molecule has 0 bridgehead atoms. The van der Waals surface area contributed by atoms with Crippen molar-refractivity contribution in [1.29, 1.82) is 0 Å². The topological polar surface area (TPSA) is 86.8 Å². The molecule has 26 heavy (non-hydrogen) atoms. The number of aromatic nitrogens is 4. The molecule has 1 aromatic carbocycles. The number of hydrogen-bond donors (Lipinski definition) is 1. The molecule has 132 valence electrons. The third kappa shape index (κ3) is 2.94. The third-order valence-corrected chi connectivity index (χ3v) is 4.44. The first-order chi connectivity index (χ1) is 12.6. The SMILES string of the molecule is Nc1ncc(-c2ccc(C3CCC3)c(Oc3ncccn3)c2F)nc1F. The molecular weight excluding hydrogens is 340 g/mol. The highest BCUT2D eigenvalue weighted by Crippen LogP contribution is 2.44. The van der Waals surface area contributed by atoms with E-state index in [1.165, 1.54) is 18.6 Å². The smallest absolute Gasteiger partial charge is 0.321 e. The highest BCUT2D eigenvalue weighted by molar-refractivity contribution is 5.64. The average molecular weight is 355 g/mol. The average Bonchev–Trinajstić information content (AvgIpc) is 2.60. The predicted octanol–water partition coefficient (Wildman–Crippen LogP) is 3.85. The van der Waals surface area contributed by atoms with Gasteiger partial charge >= 0.3 is 6.01 Å². The van der Waals surface area contributed by atoms with Gasteiger partial charge in [0.2, 0.25) is 0 Å². The van der Waals surface area contributed by atoms with Crippen molar-refractivity contribution in [3.05, 3.63) is 54.1 Å². The summed E-state index contributed by atoms with van der Waals surface area (Å²) in [6, 6.07) is 5.01. The van der Waals surface area contributed by atoms with Gasteiger partial charge in [0.15, 0.2) is 17.4 Å². The molecule has 2 heterocycles. The van der Waals surface area contributed by atoms with Crippen molar-refractivity contribution in [1.82, 2.24) is 19.9 Å². The van der Waals surface area contributed by atoms with Gasteiger partial charge in [-0.2, -0.15) is 4.39 Å². The van der Waals surface area contributed by atoms with Gasteiger partial charge in [0.05, 0.1) is 11.9 Å². The van der Waals surface area contributed by atoms with E-state index in [1.807, 2.05) is 0 Å². The second-order valence-corrected chi connectivity index (χ2v) is 6.04. The first-order valence-electron chi connectivity index (χ1n) is 8.19. The summed E-state index contributed by atoms with van der Waals surface area (Å²) in [6.07, 6.45) is 7.25. The highest BCUT2D eigenvalue weighted by Gasteiger charge is 2.27. The standard InChI is InChI=1S/C18H15F2N5O/c19-14-12(13-9-24-17(21)16(20)25-13)6-5-11(10-3-1-4-10)15(14)26-18-22-7-2-8-23-18/h2,5-10H,1,3-4H2,(H2,21,24). The van der Waals surface area contributed by atoms with Gasteiger partial charge in [-0.05, 0) is 30.9 Å². The maximum absolute atomic E-state index is 15.3. The molecule has 0 radical (unpaired) electrons. The fourth-order valence-corrected chi connectivity index (χ4v) is 2.85. The minimum Gasteiger partial charge on any atom is -0.421 e. The largest absolute Gasteiger partial charge is 0.421 e.